The molecule has 0 unspecified atom stereocenters. The van der Waals surface area contributed by atoms with Gasteiger partial charge in [0.2, 0.25) is 0 Å². The summed E-state index contributed by atoms with van der Waals surface area (Å²) in [6, 6.07) is 13.2. The smallest absolute Gasteiger partial charge is 0.266 e. The van der Waals surface area contributed by atoms with Gasteiger partial charge in [-0.1, -0.05) is 25.5 Å². The first-order chi connectivity index (χ1) is 11.6. The van der Waals surface area contributed by atoms with Crippen molar-refractivity contribution in [2.24, 2.45) is 0 Å². The van der Waals surface area contributed by atoms with Crippen molar-refractivity contribution in [3.8, 4) is 0 Å². The second-order valence-corrected chi connectivity index (χ2v) is 5.65. The number of anilines is 1. The monoisotopic (exact) mass is 322 g/mol. The van der Waals surface area contributed by atoms with E-state index in [9.17, 15) is 14.4 Å². The van der Waals surface area contributed by atoms with Crippen LogP contribution >= 0.6 is 0 Å². The van der Waals surface area contributed by atoms with E-state index in [1.807, 2.05) is 0 Å². The number of nitrogens with zero attached hydrogens (tertiary/aromatic N) is 1. The predicted molar refractivity (Wildman–Crippen MR) is 91.3 cm³/mol. The molecule has 0 aliphatic carbocycles. The van der Waals surface area contributed by atoms with E-state index in [1.54, 1.807) is 48.5 Å². The fourth-order valence-corrected chi connectivity index (χ4v) is 2.67. The molecule has 1 aliphatic rings. The lowest BCUT2D eigenvalue weighted by atomic mass is 10.1. The van der Waals surface area contributed by atoms with Gasteiger partial charge in [-0.3, -0.25) is 14.4 Å². The van der Waals surface area contributed by atoms with Crippen molar-refractivity contribution in [2.45, 2.75) is 19.8 Å². The molecule has 5 nitrogen and oxygen atoms in total. The average Bonchev–Trinajstić information content (AvgIpc) is 2.87. The molecule has 0 bridgehead atoms. The van der Waals surface area contributed by atoms with E-state index in [-0.39, 0.29) is 17.7 Å². The predicted octanol–water partition coefficient (Wildman–Crippen LogP) is 3.02. The van der Waals surface area contributed by atoms with Crippen LogP contribution in [0.3, 0.4) is 0 Å². The third kappa shape index (κ3) is 2.80. The van der Waals surface area contributed by atoms with Gasteiger partial charge in [-0.05, 0) is 42.8 Å². The molecule has 3 amide bonds. The molecule has 0 aromatic heterocycles. The van der Waals surface area contributed by atoms with Crippen LogP contribution in [0.15, 0.2) is 48.5 Å². The summed E-state index contributed by atoms with van der Waals surface area (Å²) in [6.07, 6.45) is 1.94. The molecule has 0 saturated carbocycles. The quantitative estimate of drug-likeness (QED) is 0.680. The van der Waals surface area contributed by atoms with E-state index in [2.05, 4.69) is 12.2 Å². The van der Waals surface area contributed by atoms with Crippen molar-refractivity contribution < 1.29 is 14.4 Å². The van der Waals surface area contributed by atoms with Gasteiger partial charge in [-0.15, -0.1) is 0 Å². The van der Waals surface area contributed by atoms with Crippen LogP contribution < -0.4 is 10.2 Å². The second-order valence-electron chi connectivity index (χ2n) is 5.65. The van der Waals surface area contributed by atoms with Crippen molar-refractivity contribution in [1.29, 1.82) is 0 Å². The molecule has 0 atom stereocenters. The minimum absolute atomic E-state index is 0.155. The lowest BCUT2D eigenvalue weighted by Crippen LogP contribution is -2.29. The fraction of sp³-hybridized carbons (Fsp3) is 0.211. The Morgan fingerprint density at radius 2 is 1.54 bits per heavy atom. The molecule has 5 heteroatoms. The highest BCUT2D eigenvalue weighted by atomic mass is 16.2. The minimum atomic E-state index is -0.337. The van der Waals surface area contributed by atoms with Gasteiger partial charge >= 0.3 is 0 Å². The Kier molecular flexibility index (Phi) is 4.42. The zero-order chi connectivity index (χ0) is 17.1. The van der Waals surface area contributed by atoms with E-state index >= 15 is 0 Å². The molecule has 1 heterocycles. The number of imide groups is 1. The molecular weight excluding hydrogens is 304 g/mol. The molecular formula is C19H18N2O3. The molecule has 0 fully saturated rings. The normalized spacial score (nSPS) is 13.1. The van der Waals surface area contributed by atoms with Crippen molar-refractivity contribution in [3.63, 3.8) is 0 Å². The van der Waals surface area contributed by atoms with Crippen LogP contribution in [0.25, 0.3) is 0 Å². The molecule has 24 heavy (non-hydrogen) atoms. The number of amides is 3. The molecule has 2 aromatic carbocycles. The lowest BCUT2D eigenvalue weighted by molar-refractivity contribution is 0.0923. The van der Waals surface area contributed by atoms with Crippen molar-refractivity contribution in [1.82, 2.24) is 5.32 Å². The van der Waals surface area contributed by atoms with E-state index in [0.717, 1.165) is 17.7 Å². The van der Waals surface area contributed by atoms with E-state index in [1.165, 1.54) is 0 Å². The summed E-state index contributed by atoms with van der Waals surface area (Å²) in [7, 11) is 0. The van der Waals surface area contributed by atoms with E-state index in [4.69, 9.17) is 0 Å². The SMILES string of the molecule is CCCCNC(=O)c1ccc(N2C(=O)c3ccccc3C2=O)cc1. The lowest BCUT2D eigenvalue weighted by Gasteiger charge is -2.14. The summed E-state index contributed by atoms with van der Waals surface area (Å²) in [5, 5.41) is 2.83. The third-order valence-electron chi connectivity index (χ3n) is 4.00. The number of fused-ring (bicyclic) bond motifs is 1. The van der Waals surface area contributed by atoms with Gasteiger partial charge in [0.25, 0.3) is 17.7 Å². The molecule has 3 rings (SSSR count). The Bertz CT molecular complexity index is 762. The van der Waals surface area contributed by atoms with Gasteiger partial charge in [0.15, 0.2) is 0 Å². The summed E-state index contributed by atoms with van der Waals surface area (Å²) < 4.78 is 0. The van der Waals surface area contributed by atoms with Gasteiger partial charge in [0.1, 0.15) is 0 Å². The first-order valence-corrected chi connectivity index (χ1v) is 7.99. The van der Waals surface area contributed by atoms with E-state index in [0.29, 0.717) is 28.9 Å². The van der Waals surface area contributed by atoms with Gasteiger partial charge in [-0.2, -0.15) is 0 Å². The molecule has 0 radical (unpaired) electrons. The third-order valence-corrected chi connectivity index (χ3v) is 4.00. The van der Waals surface area contributed by atoms with Gasteiger partial charge in [0.05, 0.1) is 16.8 Å². The fourth-order valence-electron chi connectivity index (χ4n) is 2.67. The number of hydrogen-bond acceptors (Lipinski definition) is 3. The van der Waals surface area contributed by atoms with E-state index < -0.39 is 0 Å². The van der Waals surface area contributed by atoms with Gasteiger partial charge < -0.3 is 5.32 Å². The van der Waals surface area contributed by atoms with Crippen LogP contribution in [-0.4, -0.2) is 24.3 Å². The van der Waals surface area contributed by atoms with Crippen LogP contribution in [0, 0.1) is 0 Å². The van der Waals surface area contributed by atoms with Gasteiger partial charge in [0, 0.05) is 12.1 Å². The zero-order valence-corrected chi connectivity index (χ0v) is 13.4. The summed E-state index contributed by atoms with van der Waals surface area (Å²) in [5.41, 5.74) is 1.78. The highest BCUT2D eigenvalue weighted by molar-refractivity contribution is 6.34. The number of benzene rings is 2. The standard InChI is InChI=1S/C19H18N2O3/c1-2-3-12-20-17(22)13-8-10-14(11-9-13)21-18(23)15-6-4-5-7-16(15)19(21)24/h4-11H,2-3,12H2,1H3,(H,20,22). The topological polar surface area (TPSA) is 66.5 Å². The Morgan fingerprint density at radius 3 is 2.08 bits per heavy atom. The van der Waals surface area contributed by atoms with Crippen molar-refractivity contribution in [3.05, 3.63) is 65.2 Å². The minimum Gasteiger partial charge on any atom is -0.352 e. The number of nitrogens with one attached hydrogen (secondary N) is 1. The first-order valence-electron chi connectivity index (χ1n) is 7.99. The Balaban J connectivity index is 1.79. The molecule has 2 aromatic rings. The average molecular weight is 322 g/mol. The molecule has 0 spiro atoms. The highest BCUT2D eigenvalue weighted by Gasteiger charge is 2.36. The highest BCUT2D eigenvalue weighted by Crippen LogP contribution is 2.28. The number of rotatable bonds is 5. The Morgan fingerprint density at radius 1 is 0.958 bits per heavy atom. The maximum absolute atomic E-state index is 12.4. The summed E-state index contributed by atoms with van der Waals surface area (Å²) in [5.74, 6) is -0.830. The number of carbonyl (C=O) groups excluding carboxylic acids is 3. The van der Waals surface area contributed by atoms with Crippen LogP contribution in [-0.2, 0) is 0 Å². The molecule has 0 saturated heterocycles. The summed E-state index contributed by atoms with van der Waals surface area (Å²) >= 11 is 0. The van der Waals surface area contributed by atoms with Crippen molar-refractivity contribution >= 4 is 23.4 Å². The maximum Gasteiger partial charge on any atom is 0.266 e. The zero-order valence-electron chi connectivity index (χ0n) is 13.4. The van der Waals surface area contributed by atoms with Crippen molar-refractivity contribution in [2.75, 3.05) is 11.4 Å². The number of unbranched alkanes of at least 4 members (excludes halogenated alkanes) is 1. The number of hydrogen-bond donors (Lipinski definition) is 1. The number of carbonyl (C=O) groups is 3. The first kappa shape index (κ1) is 15.9. The maximum atomic E-state index is 12.4. The largest absolute Gasteiger partial charge is 0.352 e. The van der Waals surface area contributed by atoms with Gasteiger partial charge in [-0.25, -0.2) is 4.90 Å². The van der Waals surface area contributed by atoms with Crippen LogP contribution in [0.1, 0.15) is 50.8 Å². The molecule has 1 aliphatic heterocycles. The molecule has 1 N–H and O–H groups in total. The summed E-state index contributed by atoms with van der Waals surface area (Å²) in [4.78, 5) is 38.0. The summed E-state index contributed by atoms with van der Waals surface area (Å²) in [6.45, 7) is 2.69. The Hall–Kier alpha value is -2.95. The second kappa shape index (κ2) is 6.66. The Labute approximate surface area is 140 Å². The van der Waals surface area contributed by atoms with Crippen LogP contribution in [0.2, 0.25) is 0 Å². The van der Waals surface area contributed by atoms with Crippen LogP contribution in [0.4, 0.5) is 5.69 Å². The molecule has 122 valence electrons. The van der Waals surface area contributed by atoms with Crippen LogP contribution in [0.5, 0.6) is 0 Å².